The first kappa shape index (κ1) is 22.1. The number of nitrogens with zero attached hydrogens (tertiary/aromatic N) is 2. The molecular formula is C21H34FN5O. The molecule has 1 fully saturated rings. The first-order valence-corrected chi connectivity index (χ1v) is 10.4. The lowest BCUT2D eigenvalue weighted by atomic mass is 10.1. The summed E-state index contributed by atoms with van der Waals surface area (Å²) in [5.74, 6) is 0.385. The Kier molecular flexibility index (Phi) is 10.4. The fourth-order valence-electron chi connectivity index (χ4n) is 3.32. The predicted molar refractivity (Wildman–Crippen MR) is 112 cm³/mol. The summed E-state index contributed by atoms with van der Waals surface area (Å²) < 4.78 is 12.9. The number of nitrogens with one attached hydrogen (secondary N) is 3. The van der Waals surface area contributed by atoms with Crippen molar-refractivity contribution in [3.05, 3.63) is 35.6 Å². The summed E-state index contributed by atoms with van der Waals surface area (Å²) in [6, 6.07) is 5.99. The van der Waals surface area contributed by atoms with E-state index in [1.54, 1.807) is 19.2 Å². The van der Waals surface area contributed by atoms with Crippen LogP contribution < -0.4 is 16.0 Å². The molecule has 7 heteroatoms. The maximum Gasteiger partial charge on any atom is 0.224 e. The van der Waals surface area contributed by atoms with Gasteiger partial charge in [-0.2, -0.15) is 0 Å². The Bertz CT molecular complexity index is 597. The Hall–Kier alpha value is -2.15. The van der Waals surface area contributed by atoms with Gasteiger partial charge < -0.3 is 20.9 Å². The molecule has 1 aromatic carbocycles. The minimum atomic E-state index is -0.293. The molecule has 1 aliphatic heterocycles. The second-order valence-corrected chi connectivity index (χ2v) is 7.19. The number of rotatable bonds is 9. The highest BCUT2D eigenvalue weighted by Gasteiger charge is 2.08. The number of hydrogen-bond acceptors (Lipinski definition) is 3. The molecule has 1 heterocycles. The van der Waals surface area contributed by atoms with Crippen molar-refractivity contribution in [2.45, 2.75) is 38.5 Å². The summed E-state index contributed by atoms with van der Waals surface area (Å²) in [6.45, 7) is 5.57. The van der Waals surface area contributed by atoms with E-state index in [0.717, 1.165) is 31.0 Å². The van der Waals surface area contributed by atoms with E-state index in [1.165, 1.54) is 50.9 Å². The van der Waals surface area contributed by atoms with Crippen LogP contribution in [-0.2, 0) is 11.2 Å². The van der Waals surface area contributed by atoms with Crippen molar-refractivity contribution in [3.63, 3.8) is 0 Å². The van der Waals surface area contributed by atoms with Gasteiger partial charge in [-0.25, -0.2) is 4.39 Å². The van der Waals surface area contributed by atoms with Gasteiger partial charge in [-0.3, -0.25) is 9.79 Å². The van der Waals surface area contributed by atoms with Crippen molar-refractivity contribution in [2.24, 2.45) is 4.99 Å². The Morgan fingerprint density at radius 2 is 1.64 bits per heavy atom. The van der Waals surface area contributed by atoms with Crippen LogP contribution in [0.2, 0.25) is 0 Å². The van der Waals surface area contributed by atoms with Gasteiger partial charge in [0.1, 0.15) is 5.82 Å². The number of hydrogen-bond donors (Lipinski definition) is 3. The molecule has 0 bridgehead atoms. The van der Waals surface area contributed by atoms with Gasteiger partial charge >= 0.3 is 0 Å². The van der Waals surface area contributed by atoms with Crippen LogP contribution in [-0.4, -0.2) is 63.1 Å². The maximum atomic E-state index is 12.9. The van der Waals surface area contributed by atoms with E-state index in [0.29, 0.717) is 13.1 Å². The summed E-state index contributed by atoms with van der Waals surface area (Å²) in [6.07, 6.45) is 6.73. The summed E-state index contributed by atoms with van der Waals surface area (Å²) in [5, 5.41) is 9.38. The van der Waals surface area contributed by atoms with Crippen LogP contribution in [0.1, 0.15) is 37.7 Å². The van der Waals surface area contributed by atoms with Crippen molar-refractivity contribution in [1.29, 1.82) is 0 Å². The van der Waals surface area contributed by atoms with E-state index < -0.39 is 0 Å². The van der Waals surface area contributed by atoms with Crippen LogP contribution in [0.5, 0.6) is 0 Å². The van der Waals surface area contributed by atoms with E-state index in [-0.39, 0.29) is 18.1 Å². The number of carbonyl (C=O) groups excluding carboxylic acids is 1. The van der Waals surface area contributed by atoms with Crippen molar-refractivity contribution < 1.29 is 9.18 Å². The van der Waals surface area contributed by atoms with Crippen LogP contribution >= 0.6 is 0 Å². The van der Waals surface area contributed by atoms with Gasteiger partial charge in [-0.1, -0.05) is 25.0 Å². The van der Waals surface area contributed by atoms with E-state index in [4.69, 9.17) is 0 Å². The molecule has 156 valence electrons. The molecule has 3 N–H and O–H groups in total. The second-order valence-electron chi connectivity index (χ2n) is 7.19. The molecule has 1 aliphatic rings. The number of likely N-dealkylation sites (tertiary alicyclic amines) is 1. The van der Waals surface area contributed by atoms with Gasteiger partial charge in [0.05, 0.1) is 6.42 Å². The molecular weight excluding hydrogens is 357 g/mol. The Balaban J connectivity index is 1.52. The van der Waals surface area contributed by atoms with Crippen molar-refractivity contribution in [3.8, 4) is 0 Å². The van der Waals surface area contributed by atoms with Crippen LogP contribution in [0.3, 0.4) is 0 Å². The summed E-state index contributed by atoms with van der Waals surface area (Å²) in [5.41, 5.74) is 0.800. The predicted octanol–water partition coefficient (Wildman–Crippen LogP) is 1.92. The third-order valence-corrected chi connectivity index (χ3v) is 4.88. The number of benzene rings is 1. The molecule has 6 nitrogen and oxygen atoms in total. The average molecular weight is 392 g/mol. The zero-order valence-corrected chi connectivity index (χ0v) is 17.0. The number of guanidine groups is 1. The normalized spacial score (nSPS) is 15.7. The van der Waals surface area contributed by atoms with E-state index in [9.17, 15) is 9.18 Å². The average Bonchev–Trinajstić information content (AvgIpc) is 2.97. The largest absolute Gasteiger partial charge is 0.356 e. The van der Waals surface area contributed by atoms with Crippen molar-refractivity contribution >= 4 is 11.9 Å². The highest BCUT2D eigenvalue weighted by atomic mass is 19.1. The van der Waals surface area contributed by atoms with Gasteiger partial charge in [-0.15, -0.1) is 0 Å². The van der Waals surface area contributed by atoms with Crippen LogP contribution in [0, 0.1) is 5.82 Å². The van der Waals surface area contributed by atoms with Gasteiger partial charge in [0.2, 0.25) is 5.91 Å². The van der Waals surface area contributed by atoms with Crippen LogP contribution in [0.15, 0.2) is 29.3 Å². The number of aliphatic imine (C=N–C) groups is 1. The monoisotopic (exact) mass is 391 g/mol. The van der Waals surface area contributed by atoms with Gasteiger partial charge in [0.25, 0.3) is 0 Å². The van der Waals surface area contributed by atoms with Crippen LogP contribution in [0.4, 0.5) is 4.39 Å². The summed E-state index contributed by atoms with van der Waals surface area (Å²) >= 11 is 0. The first-order chi connectivity index (χ1) is 13.7. The van der Waals surface area contributed by atoms with Gasteiger partial charge in [0.15, 0.2) is 5.96 Å². The molecule has 0 aliphatic carbocycles. The lowest BCUT2D eigenvalue weighted by Crippen LogP contribution is -2.42. The van der Waals surface area contributed by atoms with Gasteiger partial charge in [-0.05, 0) is 56.6 Å². The molecule has 0 spiro atoms. The third-order valence-electron chi connectivity index (χ3n) is 4.88. The molecule has 1 amide bonds. The van der Waals surface area contributed by atoms with E-state index in [1.807, 2.05) is 0 Å². The summed E-state index contributed by atoms with van der Waals surface area (Å²) in [7, 11) is 1.75. The highest BCUT2D eigenvalue weighted by molar-refractivity contribution is 5.80. The first-order valence-electron chi connectivity index (χ1n) is 10.4. The number of carbonyl (C=O) groups is 1. The Morgan fingerprint density at radius 3 is 2.32 bits per heavy atom. The molecule has 0 aromatic heterocycles. The van der Waals surface area contributed by atoms with E-state index >= 15 is 0 Å². The SMILES string of the molecule is CN=C(NCCCN1CCCCCC1)NCCNC(=O)Cc1ccc(F)cc1. The second kappa shape index (κ2) is 13.1. The molecule has 0 atom stereocenters. The highest BCUT2D eigenvalue weighted by Crippen LogP contribution is 2.09. The summed E-state index contributed by atoms with van der Waals surface area (Å²) in [4.78, 5) is 18.7. The minimum absolute atomic E-state index is 0.0752. The number of halogens is 1. The third kappa shape index (κ3) is 9.17. The molecule has 1 saturated heterocycles. The molecule has 0 saturated carbocycles. The molecule has 28 heavy (non-hydrogen) atoms. The van der Waals surface area contributed by atoms with Crippen molar-refractivity contribution in [2.75, 3.05) is 46.3 Å². The van der Waals surface area contributed by atoms with Crippen molar-refractivity contribution in [1.82, 2.24) is 20.9 Å². The quantitative estimate of drug-likeness (QED) is 0.342. The zero-order chi connectivity index (χ0) is 20.0. The fraction of sp³-hybridized carbons (Fsp3) is 0.619. The standard InChI is InChI=1S/C21H34FN5O/c1-23-21(25-11-6-16-27-14-4-2-3-5-15-27)26-13-12-24-20(28)17-18-7-9-19(22)10-8-18/h7-10H,2-6,11-17H2,1H3,(H,24,28)(H2,23,25,26). The molecule has 2 rings (SSSR count). The Morgan fingerprint density at radius 1 is 1.00 bits per heavy atom. The lowest BCUT2D eigenvalue weighted by Gasteiger charge is -2.20. The Labute approximate surface area is 168 Å². The van der Waals surface area contributed by atoms with Crippen LogP contribution in [0.25, 0.3) is 0 Å². The topological polar surface area (TPSA) is 68.8 Å². The fourth-order valence-corrected chi connectivity index (χ4v) is 3.32. The maximum absolute atomic E-state index is 12.9. The van der Waals surface area contributed by atoms with E-state index in [2.05, 4.69) is 25.8 Å². The molecule has 0 radical (unpaired) electrons. The lowest BCUT2D eigenvalue weighted by molar-refractivity contribution is -0.120. The number of amides is 1. The molecule has 1 aromatic rings. The minimum Gasteiger partial charge on any atom is -0.356 e. The molecule has 0 unspecified atom stereocenters. The van der Waals surface area contributed by atoms with Gasteiger partial charge in [0, 0.05) is 26.7 Å². The smallest absolute Gasteiger partial charge is 0.224 e. The zero-order valence-electron chi connectivity index (χ0n) is 17.0.